The van der Waals surface area contributed by atoms with E-state index in [9.17, 15) is 18.0 Å². The lowest BCUT2D eigenvalue weighted by Gasteiger charge is -2.33. The van der Waals surface area contributed by atoms with Gasteiger partial charge in [-0.3, -0.25) is 4.79 Å². The Hall–Kier alpha value is -1.14. The van der Waals surface area contributed by atoms with Crippen LogP contribution in [0, 0.1) is 12.8 Å². The summed E-state index contributed by atoms with van der Waals surface area (Å²) in [5.41, 5.74) is 0.653. The number of hydrogen-bond donors (Lipinski definition) is 1. The molecule has 0 aromatic heterocycles. The van der Waals surface area contributed by atoms with Crippen LogP contribution in [0.1, 0.15) is 11.1 Å². The van der Waals surface area contributed by atoms with E-state index in [0.717, 1.165) is 0 Å². The van der Waals surface area contributed by atoms with Crippen molar-refractivity contribution in [3.8, 4) is 5.75 Å². The Morgan fingerprint density at radius 1 is 1.45 bits per heavy atom. The van der Waals surface area contributed by atoms with Crippen LogP contribution in [0.15, 0.2) is 6.07 Å². The third kappa shape index (κ3) is 2.54. The molecule has 1 aliphatic rings. The van der Waals surface area contributed by atoms with Gasteiger partial charge < -0.3 is 9.84 Å². The van der Waals surface area contributed by atoms with Crippen LogP contribution in [0.2, 0.25) is 10.0 Å². The molecule has 0 unspecified atom stereocenters. The molecule has 0 radical (unpaired) electrons. The Morgan fingerprint density at radius 3 is 2.55 bits per heavy atom. The van der Waals surface area contributed by atoms with E-state index in [1.54, 1.807) is 6.92 Å². The minimum atomic E-state index is -4.79. The van der Waals surface area contributed by atoms with Gasteiger partial charge in [-0.2, -0.15) is 13.2 Å². The first-order valence-corrected chi connectivity index (χ1v) is 6.32. The van der Waals surface area contributed by atoms with E-state index in [1.807, 2.05) is 0 Å². The summed E-state index contributed by atoms with van der Waals surface area (Å²) >= 11 is 11.8. The molecule has 0 amide bonds. The Balaban J connectivity index is 2.54. The molecule has 2 atom stereocenters. The monoisotopic (exact) mass is 328 g/mol. The lowest BCUT2D eigenvalue weighted by Crippen LogP contribution is -2.47. The molecule has 0 aliphatic carbocycles. The molecule has 8 heteroatoms. The SMILES string of the molecule is Cc1c(Cl)cc2c(c1Cl)O[C@H](C(F)(F)F)[C@H](C(=O)O)C2. The van der Waals surface area contributed by atoms with E-state index >= 15 is 0 Å². The Kier molecular flexibility index (Phi) is 3.81. The molecular formula is C12H9Cl2F3O3. The van der Waals surface area contributed by atoms with Gasteiger partial charge in [0.25, 0.3) is 0 Å². The fourth-order valence-electron chi connectivity index (χ4n) is 2.09. The number of carboxylic acid groups (broad SMARTS) is 1. The topological polar surface area (TPSA) is 46.5 Å². The summed E-state index contributed by atoms with van der Waals surface area (Å²) in [4.78, 5) is 11.0. The van der Waals surface area contributed by atoms with E-state index in [0.29, 0.717) is 5.56 Å². The summed E-state index contributed by atoms with van der Waals surface area (Å²) < 4.78 is 43.5. The van der Waals surface area contributed by atoms with Gasteiger partial charge in [0.15, 0.2) is 0 Å². The van der Waals surface area contributed by atoms with Crippen LogP contribution in [0.5, 0.6) is 5.75 Å². The van der Waals surface area contributed by atoms with E-state index in [4.69, 9.17) is 33.0 Å². The fourth-order valence-corrected chi connectivity index (χ4v) is 2.63. The van der Waals surface area contributed by atoms with Gasteiger partial charge in [-0.05, 0) is 30.5 Å². The van der Waals surface area contributed by atoms with Gasteiger partial charge in [0.1, 0.15) is 11.7 Å². The Morgan fingerprint density at radius 2 is 2.05 bits per heavy atom. The Bertz CT molecular complexity index is 572. The predicted molar refractivity (Wildman–Crippen MR) is 66.5 cm³/mol. The van der Waals surface area contributed by atoms with Gasteiger partial charge in [-0.1, -0.05) is 23.2 Å². The number of hydrogen-bond acceptors (Lipinski definition) is 2. The van der Waals surface area contributed by atoms with Crippen molar-refractivity contribution in [2.45, 2.75) is 25.6 Å². The van der Waals surface area contributed by atoms with Crippen LogP contribution in [0.4, 0.5) is 13.2 Å². The fraction of sp³-hybridized carbons (Fsp3) is 0.417. The summed E-state index contributed by atoms with van der Waals surface area (Å²) in [6, 6.07) is 1.39. The average Bonchev–Trinajstić information content (AvgIpc) is 2.33. The summed E-state index contributed by atoms with van der Waals surface area (Å²) in [6.45, 7) is 1.54. The Labute approximate surface area is 122 Å². The molecule has 3 nitrogen and oxygen atoms in total. The maximum absolute atomic E-state index is 12.9. The van der Waals surface area contributed by atoms with Crippen LogP contribution in [-0.2, 0) is 11.2 Å². The van der Waals surface area contributed by atoms with Gasteiger partial charge in [-0.25, -0.2) is 0 Å². The molecule has 1 heterocycles. The minimum Gasteiger partial charge on any atom is -0.481 e. The minimum absolute atomic E-state index is 0.0226. The molecule has 2 rings (SSSR count). The number of fused-ring (bicyclic) bond motifs is 1. The van der Waals surface area contributed by atoms with Gasteiger partial charge in [0.2, 0.25) is 6.10 Å². The second-order valence-corrected chi connectivity index (χ2v) is 5.30. The molecule has 20 heavy (non-hydrogen) atoms. The summed E-state index contributed by atoms with van der Waals surface area (Å²) in [6.07, 6.45) is -7.56. The zero-order valence-electron chi connectivity index (χ0n) is 10.1. The maximum atomic E-state index is 12.9. The van der Waals surface area contributed by atoms with Gasteiger partial charge in [0, 0.05) is 5.02 Å². The van der Waals surface area contributed by atoms with Gasteiger partial charge in [0.05, 0.1) is 5.02 Å². The molecule has 0 saturated heterocycles. The number of benzene rings is 1. The van der Waals surface area contributed by atoms with Crippen LogP contribution in [0.25, 0.3) is 0 Å². The first-order chi connectivity index (χ1) is 9.12. The van der Waals surface area contributed by atoms with Crippen molar-refractivity contribution in [2.24, 2.45) is 5.92 Å². The highest BCUT2D eigenvalue weighted by Gasteiger charge is 2.52. The van der Waals surface area contributed by atoms with E-state index in [-0.39, 0.29) is 27.8 Å². The maximum Gasteiger partial charge on any atom is 0.426 e. The van der Waals surface area contributed by atoms with Crippen molar-refractivity contribution in [3.05, 3.63) is 27.2 Å². The predicted octanol–water partition coefficient (Wildman–Crippen LogP) is 3.87. The normalized spacial score (nSPS) is 22.1. The zero-order chi connectivity index (χ0) is 15.2. The van der Waals surface area contributed by atoms with E-state index < -0.39 is 24.2 Å². The van der Waals surface area contributed by atoms with Crippen molar-refractivity contribution in [3.63, 3.8) is 0 Å². The van der Waals surface area contributed by atoms with Crippen LogP contribution in [0.3, 0.4) is 0 Å². The molecule has 1 aliphatic heterocycles. The van der Waals surface area contributed by atoms with Crippen molar-refractivity contribution in [1.29, 1.82) is 0 Å². The molecule has 0 spiro atoms. The molecule has 0 saturated carbocycles. The van der Waals surface area contributed by atoms with Crippen LogP contribution < -0.4 is 4.74 Å². The average molecular weight is 329 g/mol. The van der Waals surface area contributed by atoms with Crippen molar-refractivity contribution in [2.75, 3.05) is 0 Å². The number of carboxylic acids is 1. The molecular weight excluding hydrogens is 320 g/mol. The molecule has 1 N–H and O–H groups in total. The smallest absolute Gasteiger partial charge is 0.426 e. The number of aliphatic carboxylic acids is 1. The van der Waals surface area contributed by atoms with Crippen LogP contribution >= 0.6 is 23.2 Å². The first kappa shape index (κ1) is 15.3. The van der Waals surface area contributed by atoms with Crippen LogP contribution in [-0.4, -0.2) is 23.4 Å². The largest absolute Gasteiger partial charge is 0.481 e. The van der Waals surface area contributed by atoms with E-state index in [1.165, 1.54) is 6.07 Å². The van der Waals surface area contributed by atoms with Gasteiger partial charge in [-0.15, -0.1) is 0 Å². The second-order valence-electron chi connectivity index (χ2n) is 4.51. The molecule has 0 fully saturated rings. The number of halogens is 5. The summed E-state index contributed by atoms with van der Waals surface area (Å²) in [5.74, 6) is -3.45. The lowest BCUT2D eigenvalue weighted by atomic mass is 9.89. The highest BCUT2D eigenvalue weighted by molar-refractivity contribution is 6.37. The number of rotatable bonds is 1. The first-order valence-electron chi connectivity index (χ1n) is 5.56. The van der Waals surface area contributed by atoms with Crippen molar-refractivity contribution >= 4 is 29.2 Å². The molecule has 0 bridgehead atoms. The van der Waals surface area contributed by atoms with Crippen molar-refractivity contribution in [1.82, 2.24) is 0 Å². The molecule has 1 aromatic rings. The zero-order valence-corrected chi connectivity index (χ0v) is 11.6. The molecule has 110 valence electrons. The molecule has 1 aromatic carbocycles. The summed E-state index contributed by atoms with van der Waals surface area (Å²) in [7, 11) is 0. The highest BCUT2D eigenvalue weighted by atomic mass is 35.5. The number of ether oxygens (including phenoxy) is 1. The third-order valence-corrected chi connectivity index (χ3v) is 4.02. The summed E-state index contributed by atoms with van der Waals surface area (Å²) in [5, 5.41) is 9.18. The quantitative estimate of drug-likeness (QED) is 0.851. The van der Waals surface area contributed by atoms with E-state index in [2.05, 4.69) is 0 Å². The van der Waals surface area contributed by atoms with Gasteiger partial charge >= 0.3 is 12.1 Å². The standard InChI is InChI=1S/C12H9Cl2F3O3/c1-4-7(13)3-5-2-6(11(18)19)10(12(15,16)17)20-9(5)8(4)14/h3,6,10H,2H2,1H3,(H,18,19)/t6-,10+/m1/s1. The number of carbonyl (C=O) groups is 1. The lowest BCUT2D eigenvalue weighted by molar-refractivity contribution is -0.217. The second kappa shape index (κ2) is 5.00. The van der Waals surface area contributed by atoms with Crippen molar-refractivity contribution < 1.29 is 27.8 Å². The number of alkyl halides is 3. The third-order valence-electron chi connectivity index (χ3n) is 3.17. The highest BCUT2D eigenvalue weighted by Crippen LogP contribution is 2.44.